The van der Waals surface area contributed by atoms with Gasteiger partial charge in [-0.2, -0.15) is 0 Å². The van der Waals surface area contributed by atoms with Crippen molar-refractivity contribution in [3.8, 4) is 17.6 Å². The van der Waals surface area contributed by atoms with Crippen LogP contribution in [0.5, 0.6) is 17.6 Å². The quantitative estimate of drug-likeness (QED) is 0.780. The second-order valence-corrected chi connectivity index (χ2v) is 6.34. The van der Waals surface area contributed by atoms with Gasteiger partial charge in [-0.25, -0.2) is 15.0 Å². The monoisotopic (exact) mass is 412 g/mol. The summed E-state index contributed by atoms with van der Waals surface area (Å²) in [6.45, 7) is 3.86. The van der Waals surface area contributed by atoms with E-state index in [0.717, 1.165) is 35.1 Å². The number of hydrogen-bond donors (Lipinski definition) is 1. The molecule has 22 heavy (non-hydrogen) atoms. The molecule has 0 bridgehead atoms. The van der Waals surface area contributed by atoms with Gasteiger partial charge in [0.2, 0.25) is 17.6 Å². The summed E-state index contributed by atoms with van der Waals surface area (Å²) >= 11 is 2.20. The third kappa shape index (κ3) is 3.83. The average Bonchev–Trinajstić information content (AvgIpc) is 2.54. The molecule has 0 aromatic carbocycles. The molecule has 6 nitrogen and oxygen atoms in total. The van der Waals surface area contributed by atoms with Crippen LogP contribution in [0.4, 0.5) is 0 Å². The summed E-state index contributed by atoms with van der Waals surface area (Å²) < 4.78 is 12.8. The Morgan fingerprint density at radius 2 is 1.91 bits per heavy atom. The van der Waals surface area contributed by atoms with Gasteiger partial charge in [-0.15, -0.1) is 0 Å². The van der Waals surface area contributed by atoms with E-state index in [1.807, 2.05) is 19.1 Å². The Balaban J connectivity index is 1.74. The zero-order chi connectivity index (χ0) is 15.4. The van der Waals surface area contributed by atoms with Crippen molar-refractivity contribution in [1.82, 2.24) is 20.3 Å². The van der Waals surface area contributed by atoms with Crippen LogP contribution in [0.1, 0.15) is 18.4 Å². The molecule has 1 fully saturated rings. The highest BCUT2D eigenvalue weighted by atomic mass is 127. The maximum absolute atomic E-state index is 5.99. The second kappa shape index (κ2) is 7.19. The first-order chi connectivity index (χ1) is 10.7. The van der Waals surface area contributed by atoms with Crippen molar-refractivity contribution in [2.75, 3.05) is 13.1 Å². The van der Waals surface area contributed by atoms with E-state index in [1.54, 1.807) is 6.20 Å². The number of nitrogens with zero attached hydrogens (tertiary/aromatic N) is 3. The van der Waals surface area contributed by atoms with Crippen LogP contribution in [0.3, 0.4) is 0 Å². The zero-order valence-electron chi connectivity index (χ0n) is 12.3. The van der Waals surface area contributed by atoms with Crippen molar-refractivity contribution in [2.24, 2.45) is 0 Å². The molecule has 116 valence electrons. The third-order valence-corrected chi connectivity index (χ3v) is 4.10. The topological polar surface area (TPSA) is 69.2 Å². The Bertz CT molecular complexity index is 630. The predicted octanol–water partition coefficient (Wildman–Crippen LogP) is 2.71. The number of ether oxygens (including phenoxy) is 2. The summed E-state index contributed by atoms with van der Waals surface area (Å²) in [4.78, 5) is 12.6. The minimum atomic E-state index is 0.194. The minimum Gasteiger partial charge on any atom is -0.474 e. The Morgan fingerprint density at radius 3 is 2.64 bits per heavy atom. The summed E-state index contributed by atoms with van der Waals surface area (Å²) in [7, 11) is 0. The molecule has 1 saturated heterocycles. The van der Waals surface area contributed by atoms with Crippen LogP contribution < -0.4 is 14.8 Å². The van der Waals surface area contributed by atoms with Gasteiger partial charge in [-0.1, -0.05) is 0 Å². The van der Waals surface area contributed by atoms with E-state index in [-0.39, 0.29) is 6.10 Å². The fourth-order valence-corrected chi connectivity index (χ4v) is 2.55. The Morgan fingerprint density at radius 1 is 1.14 bits per heavy atom. The van der Waals surface area contributed by atoms with Crippen LogP contribution in [0, 0.1) is 10.5 Å². The smallest absolute Gasteiger partial charge is 0.231 e. The van der Waals surface area contributed by atoms with Gasteiger partial charge in [0.25, 0.3) is 0 Å². The molecule has 0 radical (unpaired) electrons. The largest absolute Gasteiger partial charge is 0.474 e. The molecule has 0 saturated carbocycles. The lowest BCUT2D eigenvalue weighted by molar-refractivity contribution is 0.154. The number of pyridine rings is 1. The standard InChI is InChI=1S/C15H17IN4O2/c1-10-14(21-12-4-6-17-7-5-12)19-9-20-15(10)22-13-3-2-11(16)8-18-13/h2-3,8-9,12,17H,4-7H2,1H3. The predicted molar refractivity (Wildman–Crippen MR) is 90.3 cm³/mol. The van der Waals surface area contributed by atoms with Crippen molar-refractivity contribution in [3.05, 3.63) is 33.8 Å². The molecule has 0 unspecified atom stereocenters. The highest BCUT2D eigenvalue weighted by Crippen LogP contribution is 2.27. The molecular formula is C15H17IN4O2. The van der Waals surface area contributed by atoms with Gasteiger partial charge < -0.3 is 14.8 Å². The first-order valence-electron chi connectivity index (χ1n) is 7.21. The Hall–Kier alpha value is -1.48. The number of piperidine rings is 1. The van der Waals surface area contributed by atoms with Gasteiger partial charge in [-0.3, -0.25) is 0 Å². The van der Waals surface area contributed by atoms with Gasteiger partial charge in [0.1, 0.15) is 12.4 Å². The molecule has 3 rings (SSSR count). The number of halogens is 1. The van der Waals surface area contributed by atoms with Gasteiger partial charge in [0, 0.05) is 15.8 Å². The number of hydrogen-bond acceptors (Lipinski definition) is 6. The molecule has 2 aromatic rings. The molecule has 1 N–H and O–H groups in total. The molecule has 2 aromatic heterocycles. The average molecular weight is 412 g/mol. The maximum atomic E-state index is 5.99. The lowest BCUT2D eigenvalue weighted by Crippen LogP contribution is -2.34. The minimum absolute atomic E-state index is 0.194. The molecule has 0 aliphatic carbocycles. The van der Waals surface area contributed by atoms with Crippen LogP contribution >= 0.6 is 22.6 Å². The fourth-order valence-electron chi connectivity index (χ4n) is 2.23. The SMILES string of the molecule is Cc1c(Oc2ccc(I)cn2)ncnc1OC1CCNCC1. The van der Waals surface area contributed by atoms with E-state index in [2.05, 4.69) is 42.9 Å². The molecule has 1 aliphatic heterocycles. The fraction of sp³-hybridized carbons (Fsp3) is 0.400. The number of rotatable bonds is 4. The highest BCUT2D eigenvalue weighted by molar-refractivity contribution is 14.1. The number of aromatic nitrogens is 3. The van der Waals surface area contributed by atoms with Crippen molar-refractivity contribution in [3.63, 3.8) is 0 Å². The van der Waals surface area contributed by atoms with Crippen LogP contribution in [0.15, 0.2) is 24.7 Å². The molecular weight excluding hydrogens is 395 g/mol. The van der Waals surface area contributed by atoms with Crippen LogP contribution in [-0.4, -0.2) is 34.1 Å². The zero-order valence-corrected chi connectivity index (χ0v) is 14.4. The summed E-state index contributed by atoms with van der Waals surface area (Å²) in [6.07, 6.45) is 5.38. The van der Waals surface area contributed by atoms with Crippen LogP contribution in [0.25, 0.3) is 0 Å². The first-order valence-corrected chi connectivity index (χ1v) is 8.28. The Labute approximate surface area is 142 Å². The first kappa shape index (κ1) is 15.4. The Kier molecular flexibility index (Phi) is 5.04. The number of nitrogens with one attached hydrogen (secondary N) is 1. The van der Waals surface area contributed by atoms with E-state index in [0.29, 0.717) is 17.6 Å². The van der Waals surface area contributed by atoms with Crippen LogP contribution in [-0.2, 0) is 0 Å². The van der Waals surface area contributed by atoms with Crippen molar-refractivity contribution in [2.45, 2.75) is 25.9 Å². The summed E-state index contributed by atoms with van der Waals surface area (Å²) in [6, 6.07) is 3.75. The lowest BCUT2D eigenvalue weighted by atomic mass is 10.1. The molecule has 7 heteroatoms. The van der Waals surface area contributed by atoms with Crippen molar-refractivity contribution >= 4 is 22.6 Å². The molecule has 0 atom stereocenters. The molecule has 0 spiro atoms. The van der Waals surface area contributed by atoms with Gasteiger partial charge in [0.15, 0.2) is 0 Å². The van der Waals surface area contributed by atoms with Gasteiger partial charge >= 0.3 is 0 Å². The molecule has 0 amide bonds. The van der Waals surface area contributed by atoms with Crippen molar-refractivity contribution in [1.29, 1.82) is 0 Å². The third-order valence-electron chi connectivity index (χ3n) is 3.46. The van der Waals surface area contributed by atoms with E-state index >= 15 is 0 Å². The second-order valence-electron chi connectivity index (χ2n) is 5.09. The summed E-state index contributed by atoms with van der Waals surface area (Å²) in [5.41, 5.74) is 0.793. The van der Waals surface area contributed by atoms with Gasteiger partial charge in [0.05, 0.1) is 5.56 Å². The lowest BCUT2D eigenvalue weighted by Gasteiger charge is -2.24. The van der Waals surface area contributed by atoms with E-state index < -0.39 is 0 Å². The van der Waals surface area contributed by atoms with Crippen molar-refractivity contribution < 1.29 is 9.47 Å². The summed E-state index contributed by atoms with van der Waals surface area (Å²) in [5, 5.41) is 3.32. The van der Waals surface area contributed by atoms with Gasteiger partial charge in [-0.05, 0) is 61.5 Å². The summed E-state index contributed by atoms with van der Waals surface area (Å²) in [5.74, 6) is 1.57. The molecule has 1 aliphatic rings. The van der Waals surface area contributed by atoms with E-state index in [9.17, 15) is 0 Å². The van der Waals surface area contributed by atoms with E-state index in [4.69, 9.17) is 9.47 Å². The normalized spacial score (nSPS) is 15.5. The molecule has 3 heterocycles. The maximum Gasteiger partial charge on any atom is 0.231 e. The van der Waals surface area contributed by atoms with E-state index in [1.165, 1.54) is 6.33 Å². The highest BCUT2D eigenvalue weighted by Gasteiger charge is 2.18. The van der Waals surface area contributed by atoms with Crippen LogP contribution in [0.2, 0.25) is 0 Å².